The smallest absolute Gasteiger partial charge is 0.419 e. The second-order valence-electron chi connectivity index (χ2n) is 5.28. The second-order valence-corrected chi connectivity index (χ2v) is 5.69. The number of hydrogen-bond acceptors (Lipinski definition) is 3. The van der Waals surface area contributed by atoms with E-state index in [0.29, 0.717) is 11.2 Å². The quantitative estimate of drug-likeness (QED) is 0.812. The van der Waals surface area contributed by atoms with Crippen LogP contribution in [0.5, 0.6) is 0 Å². The molecule has 1 unspecified atom stereocenters. The average molecular weight is 282 g/mol. The van der Waals surface area contributed by atoms with Crippen molar-refractivity contribution >= 4 is 28.6 Å². The number of carbonyl (C=O) groups is 1. The Kier molecular flexibility index (Phi) is 3.56. The normalized spacial score (nSPS) is 13.5. The Hall–Kier alpha value is -1.52. The van der Waals surface area contributed by atoms with E-state index >= 15 is 0 Å². The van der Waals surface area contributed by atoms with Gasteiger partial charge in [0.2, 0.25) is 0 Å². The molecule has 1 N–H and O–H groups in total. The Labute approximate surface area is 116 Å². The van der Waals surface area contributed by atoms with Crippen molar-refractivity contribution in [2.75, 3.05) is 0 Å². The van der Waals surface area contributed by atoms with Crippen LogP contribution in [0.4, 0.5) is 4.79 Å². The van der Waals surface area contributed by atoms with Crippen LogP contribution in [0.1, 0.15) is 32.0 Å². The van der Waals surface area contributed by atoms with Crippen LogP contribution in [0.15, 0.2) is 30.3 Å². The number of fused-ring (bicyclic) bond motifs is 1. The van der Waals surface area contributed by atoms with Crippen LogP contribution < -0.4 is 0 Å². The molecule has 2 rings (SSSR count). The fraction of sp³-hybridized carbons (Fsp3) is 0.357. The van der Waals surface area contributed by atoms with E-state index in [0.717, 1.165) is 5.39 Å². The van der Waals surface area contributed by atoms with Gasteiger partial charge in [0.25, 0.3) is 0 Å². The highest BCUT2D eigenvalue weighted by atomic mass is 35.5. The first-order chi connectivity index (χ1) is 8.79. The highest BCUT2D eigenvalue weighted by Crippen LogP contribution is 2.27. The topological polar surface area (TPSA) is 51.5 Å². The Morgan fingerprint density at radius 1 is 1.37 bits per heavy atom. The number of benzene rings is 1. The maximum Gasteiger partial charge on any atom is 0.419 e. The monoisotopic (exact) mass is 281 g/mol. The van der Waals surface area contributed by atoms with Crippen molar-refractivity contribution in [2.45, 2.75) is 31.9 Å². The van der Waals surface area contributed by atoms with Crippen molar-refractivity contribution < 1.29 is 14.6 Å². The minimum atomic E-state index is -1.26. The molecule has 4 nitrogen and oxygen atoms in total. The highest BCUT2D eigenvalue weighted by Gasteiger charge is 2.24. The number of aliphatic hydroxyl groups excluding tert-OH is 1. The third-order valence-electron chi connectivity index (χ3n) is 2.56. The van der Waals surface area contributed by atoms with Crippen LogP contribution in [0.3, 0.4) is 0 Å². The van der Waals surface area contributed by atoms with Gasteiger partial charge in [0.15, 0.2) is 5.56 Å². The number of aliphatic hydroxyl groups is 1. The first kappa shape index (κ1) is 13.9. The zero-order valence-electron chi connectivity index (χ0n) is 11.1. The maximum atomic E-state index is 12.2. The van der Waals surface area contributed by atoms with E-state index < -0.39 is 17.3 Å². The maximum absolute atomic E-state index is 12.2. The Morgan fingerprint density at radius 2 is 2.00 bits per heavy atom. The SMILES string of the molecule is CC(C)(C)OC(=O)n1c(C(O)Cl)cc2ccccc21. The molecule has 0 saturated heterocycles. The Bertz CT molecular complexity index is 611. The average Bonchev–Trinajstić information content (AvgIpc) is 2.65. The molecule has 1 atom stereocenters. The predicted octanol–water partition coefficient (Wildman–Crippen LogP) is 3.65. The second kappa shape index (κ2) is 4.87. The van der Waals surface area contributed by atoms with Crippen LogP contribution in [0.25, 0.3) is 10.9 Å². The molecule has 2 aromatic rings. The number of rotatable bonds is 1. The lowest BCUT2D eigenvalue weighted by Gasteiger charge is -2.21. The Balaban J connectivity index is 2.56. The summed E-state index contributed by atoms with van der Waals surface area (Å²) in [6.45, 7) is 5.36. The van der Waals surface area contributed by atoms with E-state index in [1.54, 1.807) is 32.9 Å². The summed E-state index contributed by atoms with van der Waals surface area (Å²) in [7, 11) is 0. The van der Waals surface area contributed by atoms with Crippen LogP contribution >= 0.6 is 11.6 Å². The fourth-order valence-electron chi connectivity index (χ4n) is 1.86. The van der Waals surface area contributed by atoms with E-state index in [1.807, 2.05) is 18.2 Å². The van der Waals surface area contributed by atoms with E-state index in [-0.39, 0.29) is 0 Å². The highest BCUT2D eigenvalue weighted by molar-refractivity contribution is 6.20. The van der Waals surface area contributed by atoms with Crippen LogP contribution in [0.2, 0.25) is 0 Å². The number of carbonyl (C=O) groups excluding carboxylic acids is 1. The zero-order valence-corrected chi connectivity index (χ0v) is 11.8. The molecule has 0 aliphatic carbocycles. The first-order valence-corrected chi connectivity index (χ1v) is 6.39. The number of para-hydroxylation sites is 1. The zero-order chi connectivity index (χ0) is 14.2. The molecule has 0 bridgehead atoms. The fourth-order valence-corrected chi connectivity index (χ4v) is 2.02. The molecular formula is C14H16ClNO3. The van der Waals surface area contributed by atoms with Crippen molar-refractivity contribution in [1.29, 1.82) is 0 Å². The molecule has 1 aromatic heterocycles. The summed E-state index contributed by atoms with van der Waals surface area (Å²) in [5.74, 6) is 0. The van der Waals surface area contributed by atoms with Gasteiger partial charge >= 0.3 is 6.09 Å². The predicted molar refractivity (Wildman–Crippen MR) is 74.4 cm³/mol. The summed E-state index contributed by atoms with van der Waals surface area (Å²) in [5.41, 5.74) is -0.916. The van der Waals surface area contributed by atoms with Gasteiger partial charge in [-0.15, -0.1) is 0 Å². The minimum absolute atomic E-state index is 0.303. The summed E-state index contributed by atoms with van der Waals surface area (Å²) in [5, 5.41) is 10.4. The lowest BCUT2D eigenvalue weighted by Crippen LogP contribution is -2.28. The number of nitrogens with zero attached hydrogens (tertiary/aromatic N) is 1. The molecule has 0 aliphatic heterocycles. The Morgan fingerprint density at radius 3 is 2.58 bits per heavy atom. The third-order valence-corrected chi connectivity index (χ3v) is 2.78. The number of halogens is 1. The summed E-state index contributed by atoms with van der Waals surface area (Å²) >= 11 is 5.72. The van der Waals surface area contributed by atoms with Gasteiger partial charge in [-0.3, -0.25) is 0 Å². The minimum Gasteiger partial charge on any atom is -0.443 e. The molecule has 102 valence electrons. The largest absolute Gasteiger partial charge is 0.443 e. The van der Waals surface area contributed by atoms with Gasteiger partial charge in [-0.05, 0) is 32.9 Å². The number of aromatic nitrogens is 1. The van der Waals surface area contributed by atoms with E-state index in [1.165, 1.54) is 4.57 Å². The molecule has 1 aromatic carbocycles. The number of alkyl halides is 1. The van der Waals surface area contributed by atoms with Crippen LogP contribution in [-0.2, 0) is 4.74 Å². The summed E-state index contributed by atoms with van der Waals surface area (Å²) in [4.78, 5) is 12.2. The molecule has 0 amide bonds. The molecular weight excluding hydrogens is 266 g/mol. The van der Waals surface area contributed by atoms with Gasteiger partial charge in [0.05, 0.1) is 11.2 Å². The molecule has 0 fully saturated rings. The van der Waals surface area contributed by atoms with Gasteiger partial charge in [-0.25, -0.2) is 9.36 Å². The lowest BCUT2D eigenvalue weighted by molar-refractivity contribution is 0.0532. The van der Waals surface area contributed by atoms with Crippen molar-refractivity contribution in [1.82, 2.24) is 4.57 Å². The van der Waals surface area contributed by atoms with Gasteiger partial charge < -0.3 is 9.84 Å². The number of hydrogen-bond donors (Lipinski definition) is 1. The molecule has 5 heteroatoms. The lowest BCUT2D eigenvalue weighted by atomic mass is 10.2. The van der Waals surface area contributed by atoms with Crippen molar-refractivity contribution in [2.24, 2.45) is 0 Å². The molecule has 0 saturated carbocycles. The molecule has 0 aliphatic rings. The van der Waals surface area contributed by atoms with Gasteiger partial charge in [-0.1, -0.05) is 29.8 Å². The van der Waals surface area contributed by atoms with Crippen LogP contribution in [0, 0.1) is 0 Å². The molecule has 19 heavy (non-hydrogen) atoms. The molecule has 0 spiro atoms. The van der Waals surface area contributed by atoms with Crippen molar-refractivity contribution in [3.8, 4) is 0 Å². The van der Waals surface area contributed by atoms with Gasteiger partial charge in [0.1, 0.15) is 5.60 Å². The summed E-state index contributed by atoms with van der Waals surface area (Å²) in [6, 6.07) is 8.97. The molecule has 0 radical (unpaired) electrons. The number of ether oxygens (including phenoxy) is 1. The third kappa shape index (κ3) is 2.91. The van der Waals surface area contributed by atoms with Crippen molar-refractivity contribution in [3.63, 3.8) is 0 Å². The van der Waals surface area contributed by atoms with E-state index in [9.17, 15) is 9.90 Å². The van der Waals surface area contributed by atoms with E-state index in [2.05, 4.69) is 0 Å². The van der Waals surface area contributed by atoms with E-state index in [4.69, 9.17) is 16.3 Å². The molecule has 1 heterocycles. The van der Waals surface area contributed by atoms with Gasteiger partial charge in [-0.2, -0.15) is 0 Å². The first-order valence-electron chi connectivity index (χ1n) is 5.95. The summed E-state index contributed by atoms with van der Waals surface area (Å²) in [6.07, 6.45) is -0.552. The van der Waals surface area contributed by atoms with Gasteiger partial charge in [0, 0.05) is 5.39 Å². The standard InChI is InChI=1S/C14H16ClNO3/c1-14(2,3)19-13(18)16-10-7-5-4-6-9(10)8-11(16)12(15)17/h4-8,12,17H,1-3H3. The summed E-state index contributed by atoms with van der Waals surface area (Å²) < 4.78 is 6.64. The van der Waals surface area contributed by atoms with Crippen molar-refractivity contribution in [3.05, 3.63) is 36.0 Å². The van der Waals surface area contributed by atoms with Crippen LogP contribution in [-0.4, -0.2) is 21.4 Å².